The summed E-state index contributed by atoms with van der Waals surface area (Å²) < 4.78 is 15.6. The van der Waals surface area contributed by atoms with Crippen LogP contribution in [0.5, 0.6) is 11.5 Å². The van der Waals surface area contributed by atoms with Crippen molar-refractivity contribution >= 4 is 5.91 Å². The van der Waals surface area contributed by atoms with Gasteiger partial charge in [-0.15, -0.1) is 0 Å². The number of benzene rings is 1. The van der Waals surface area contributed by atoms with Gasteiger partial charge in [-0.1, -0.05) is 0 Å². The Balaban J connectivity index is 1.86. The number of nitrogens with zero attached hydrogens (tertiary/aromatic N) is 1. The molecule has 1 aliphatic heterocycles. The van der Waals surface area contributed by atoms with Gasteiger partial charge >= 0.3 is 0 Å². The van der Waals surface area contributed by atoms with Gasteiger partial charge in [0.25, 0.3) is 5.91 Å². The van der Waals surface area contributed by atoms with Crippen molar-refractivity contribution in [1.29, 1.82) is 0 Å². The summed E-state index contributed by atoms with van der Waals surface area (Å²) in [5.41, 5.74) is 2.87. The summed E-state index contributed by atoms with van der Waals surface area (Å²) in [7, 11) is 3.24. The van der Waals surface area contributed by atoms with Crippen LogP contribution in [0.4, 0.5) is 0 Å². The third kappa shape index (κ3) is 2.46. The van der Waals surface area contributed by atoms with E-state index >= 15 is 0 Å². The molecular weight excluding hydrogens is 270 g/mol. The quantitative estimate of drug-likeness (QED) is 0.870. The van der Waals surface area contributed by atoms with E-state index in [4.69, 9.17) is 13.9 Å². The highest BCUT2D eigenvalue weighted by molar-refractivity contribution is 5.94. The van der Waals surface area contributed by atoms with E-state index < -0.39 is 0 Å². The molecule has 5 nitrogen and oxygen atoms in total. The standard InChI is InChI=1S/C16H17NO4/c1-19-14-7-11-3-5-17(9-13(11)8-15(14)20-2)16(18)12-4-6-21-10-12/h4,6-8,10H,3,5,9H2,1-2H3. The summed E-state index contributed by atoms with van der Waals surface area (Å²) in [5, 5.41) is 0. The largest absolute Gasteiger partial charge is 0.493 e. The fourth-order valence-corrected chi connectivity index (χ4v) is 2.63. The predicted octanol–water partition coefficient (Wildman–Crippen LogP) is 2.50. The van der Waals surface area contributed by atoms with Gasteiger partial charge in [0, 0.05) is 13.1 Å². The third-order valence-electron chi connectivity index (χ3n) is 3.77. The van der Waals surface area contributed by atoms with Crippen molar-refractivity contribution in [3.05, 3.63) is 47.4 Å². The number of hydrogen-bond donors (Lipinski definition) is 0. The average molecular weight is 287 g/mol. The van der Waals surface area contributed by atoms with E-state index in [2.05, 4.69) is 0 Å². The Bertz CT molecular complexity index is 649. The van der Waals surface area contributed by atoms with E-state index in [0.717, 1.165) is 17.7 Å². The molecular formula is C16H17NO4. The molecule has 0 fully saturated rings. The molecule has 110 valence electrons. The number of ether oxygens (including phenoxy) is 2. The molecule has 5 heteroatoms. The van der Waals surface area contributed by atoms with E-state index in [1.54, 1.807) is 20.3 Å². The molecule has 1 aromatic heterocycles. The minimum absolute atomic E-state index is 0.0100. The molecule has 0 saturated heterocycles. The van der Waals surface area contributed by atoms with Crippen molar-refractivity contribution in [3.63, 3.8) is 0 Å². The summed E-state index contributed by atoms with van der Waals surface area (Å²) in [6.07, 6.45) is 3.80. The van der Waals surface area contributed by atoms with Crippen LogP contribution in [0.25, 0.3) is 0 Å². The Labute approximate surface area is 123 Å². The van der Waals surface area contributed by atoms with Crippen molar-refractivity contribution < 1.29 is 18.7 Å². The van der Waals surface area contributed by atoms with Crippen LogP contribution < -0.4 is 9.47 Å². The van der Waals surface area contributed by atoms with E-state index in [9.17, 15) is 4.79 Å². The number of carbonyl (C=O) groups excluding carboxylic acids is 1. The smallest absolute Gasteiger partial charge is 0.257 e. The topological polar surface area (TPSA) is 51.9 Å². The molecule has 2 heterocycles. The van der Waals surface area contributed by atoms with Gasteiger partial charge in [-0.2, -0.15) is 0 Å². The molecule has 0 spiro atoms. The molecule has 1 amide bonds. The predicted molar refractivity (Wildman–Crippen MR) is 76.7 cm³/mol. The van der Waals surface area contributed by atoms with Gasteiger partial charge < -0.3 is 18.8 Å². The zero-order chi connectivity index (χ0) is 14.8. The summed E-state index contributed by atoms with van der Waals surface area (Å²) in [6, 6.07) is 5.63. The Morgan fingerprint density at radius 3 is 2.52 bits per heavy atom. The van der Waals surface area contributed by atoms with Crippen molar-refractivity contribution in [2.75, 3.05) is 20.8 Å². The number of methoxy groups -OCH3 is 2. The van der Waals surface area contributed by atoms with E-state index in [1.165, 1.54) is 18.1 Å². The molecule has 0 N–H and O–H groups in total. The van der Waals surface area contributed by atoms with Gasteiger partial charge in [0.15, 0.2) is 11.5 Å². The van der Waals surface area contributed by atoms with Crippen LogP contribution in [-0.4, -0.2) is 31.6 Å². The number of rotatable bonds is 3. The lowest BCUT2D eigenvalue weighted by molar-refractivity contribution is 0.0733. The molecule has 1 aliphatic rings. The number of carbonyl (C=O) groups is 1. The molecule has 0 saturated carbocycles. The lowest BCUT2D eigenvalue weighted by Crippen LogP contribution is -2.35. The van der Waals surface area contributed by atoms with Crippen molar-refractivity contribution in [2.45, 2.75) is 13.0 Å². The van der Waals surface area contributed by atoms with Crippen LogP contribution in [0.3, 0.4) is 0 Å². The summed E-state index contributed by atoms with van der Waals surface area (Å²) >= 11 is 0. The minimum atomic E-state index is -0.0100. The maximum atomic E-state index is 12.4. The second-order valence-corrected chi connectivity index (χ2v) is 4.96. The zero-order valence-corrected chi connectivity index (χ0v) is 12.1. The van der Waals surface area contributed by atoms with Gasteiger partial charge in [-0.25, -0.2) is 0 Å². The second-order valence-electron chi connectivity index (χ2n) is 4.96. The van der Waals surface area contributed by atoms with Crippen LogP contribution >= 0.6 is 0 Å². The third-order valence-corrected chi connectivity index (χ3v) is 3.77. The second kappa shape index (κ2) is 5.52. The molecule has 0 unspecified atom stereocenters. The molecule has 2 aromatic rings. The number of furan rings is 1. The van der Waals surface area contributed by atoms with Gasteiger partial charge in [-0.3, -0.25) is 4.79 Å². The number of fused-ring (bicyclic) bond motifs is 1. The van der Waals surface area contributed by atoms with E-state index in [-0.39, 0.29) is 5.91 Å². The van der Waals surface area contributed by atoms with Gasteiger partial charge in [-0.05, 0) is 35.7 Å². The lowest BCUT2D eigenvalue weighted by Gasteiger charge is -2.29. The first-order chi connectivity index (χ1) is 10.2. The first-order valence-corrected chi connectivity index (χ1v) is 6.78. The summed E-state index contributed by atoms with van der Waals surface area (Å²) in [4.78, 5) is 14.2. The SMILES string of the molecule is COc1cc2c(cc1OC)CN(C(=O)c1ccoc1)CC2. The average Bonchev–Trinajstić information content (AvgIpc) is 3.06. The molecule has 0 atom stereocenters. The number of amides is 1. The first kappa shape index (κ1) is 13.5. The van der Waals surface area contributed by atoms with Gasteiger partial charge in [0.05, 0.1) is 26.0 Å². The maximum absolute atomic E-state index is 12.4. The van der Waals surface area contributed by atoms with Crippen LogP contribution in [0, 0.1) is 0 Å². The van der Waals surface area contributed by atoms with Crippen LogP contribution in [-0.2, 0) is 13.0 Å². The van der Waals surface area contributed by atoms with E-state index in [1.807, 2.05) is 17.0 Å². The normalized spacial score (nSPS) is 13.7. The fourth-order valence-electron chi connectivity index (χ4n) is 2.63. The van der Waals surface area contributed by atoms with Crippen molar-refractivity contribution in [1.82, 2.24) is 4.90 Å². The minimum Gasteiger partial charge on any atom is -0.493 e. The van der Waals surface area contributed by atoms with Crippen LogP contribution in [0.15, 0.2) is 35.1 Å². The van der Waals surface area contributed by atoms with Gasteiger partial charge in [0.2, 0.25) is 0 Å². The first-order valence-electron chi connectivity index (χ1n) is 6.78. The fraction of sp³-hybridized carbons (Fsp3) is 0.312. The molecule has 21 heavy (non-hydrogen) atoms. The molecule has 1 aromatic carbocycles. The summed E-state index contributed by atoms with van der Waals surface area (Å²) in [5.74, 6) is 1.41. The summed E-state index contributed by atoms with van der Waals surface area (Å²) in [6.45, 7) is 1.26. The Kier molecular flexibility index (Phi) is 3.56. The highest BCUT2D eigenvalue weighted by Gasteiger charge is 2.24. The van der Waals surface area contributed by atoms with Crippen LogP contribution in [0.1, 0.15) is 21.5 Å². The lowest BCUT2D eigenvalue weighted by atomic mass is 9.98. The monoisotopic (exact) mass is 287 g/mol. The highest BCUT2D eigenvalue weighted by Crippen LogP contribution is 2.33. The zero-order valence-electron chi connectivity index (χ0n) is 12.1. The number of hydrogen-bond acceptors (Lipinski definition) is 4. The van der Waals surface area contributed by atoms with Crippen molar-refractivity contribution in [2.24, 2.45) is 0 Å². The molecule has 0 aliphatic carbocycles. The van der Waals surface area contributed by atoms with E-state index in [0.29, 0.717) is 24.4 Å². The molecule has 3 rings (SSSR count). The Hall–Kier alpha value is -2.43. The highest BCUT2D eigenvalue weighted by atomic mass is 16.5. The van der Waals surface area contributed by atoms with Gasteiger partial charge in [0.1, 0.15) is 6.26 Å². The Morgan fingerprint density at radius 1 is 1.19 bits per heavy atom. The van der Waals surface area contributed by atoms with Crippen LogP contribution in [0.2, 0.25) is 0 Å². The van der Waals surface area contributed by atoms with Crippen molar-refractivity contribution in [3.8, 4) is 11.5 Å². The molecule has 0 bridgehead atoms. The maximum Gasteiger partial charge on any atom is 0.257 e. The molecule has 0 radical (unpaired) electrons. The Morgan fingerprint density at radius 2 is 1.90 bits per heavy atom.